The third-order valence-corrected chi connectivity index (χ3v) is 3.19. The molecule has 106 valence electrons. The first-order chi connectivity index (χ1) is 8.78. The van der Waals surface area contributed by atoms with Crippen LogP contribution in [0.4, 0.5) is 0 Å². The lowest BCUT2D eigenvalue weighted by Crippen LogP contribution is -2.44. The maximum atomic E-state index is 11.6. The zero-order valence-electron chi connectivity index (χ0n) is 11.3. The van der Waals surface area contributed by atoms with Crippen LogP contribution < -0.4 is 10.0 Å². The number of amides is 1. The monoisotopic (exact) mass is 285 g/mol. The number of pyridine rings is 1. The van der Waals surface area contributed by atoms with E-state index in [1.54, 1.807) is 0 Å². The minimum Gasteiger partial charge on any atom is -0.354 e. The Labute approximate surface area is 113 Å². The van der Waals surface area contributed by atoms with Crippen molar-refractivity contribution in [3.63, 3.8) is 0 Å². The molecule has 6 nitrogen and oxygen atoms in total. The molecular formula is C12H19N3O3S. The molecule has 0 saturated carbocycles. The highest BCUT2D eigenvalue weighted by Crippen LogP contribution is 1.98. The van der Waals surface area contributed by atoms with Gasteiger partial charge < -0.3 is 5.32 Å². The van der Waals surface area contributed by atoms with E-state index in [4.69, 9.17) is 0 Å². The van der Waals surface area contributed by atoms with Gasteiger partial charge in [0, 0.05) is 24.4 Å². The molecule has 0 aliphatic heterocycles. The van der Waals surface area contributed by atoms with Crippen molar-refractivity contribution in [2.75, 3.05) is 12.8 Å². The number of aromatic nitrogens is 1. The van der Waals surface area contributed by atoms with Gasteiger partial charge in [0.15, 0.2) is 0 Å². The van der Waals surface area contributed by atoms with Crippen molar-refractivity contribution in [3.05, 3.63) is 29.6 Å². The quantitative estimate of drug-likeness (QED) is 0.769. The number of carbonyl (C=O) groups excluding carboxylic acids is 1. The summed E-state index contributed by atoms with van der Waals surface area (Å²) in [6, 6.07) is 4.92. The van der Waals surface area contributed by atoms with Crippen LogP contribution >= 0.6 is 0 Å². The molecule has 1 amide bonds. The topological polar surface area (TPSA) is 88.2 Å². The van der Waals surface area contributed by atoms with Crippen molar-refractivity contribution in [3.8, 4) is 0 Å². The van der Waals surface area contributed by atoms with Gasteiger partial charge in [0.2, 0.25) is 15.9 Å². The summed E-state index contributed by atoms with van der Waals surface area (Å²) in [5.74, 6) is -0.349. The van der Waals surface area contributed by atoms with E-state index < -0.39 is 16.1 Å². The lowest BCUT2D eigenvalue weighted by Gasteiger charge is -2.12. The van der Waals surface area contributed by atoms with Gasteiger partial charge in [-0.1, -0.05) is 6.07 Å². The fourth-order valence-corrected chi connectivity index (χ4v) is 2.33. The van der Waals surface area contributed by atoms with Crippen LogP contribution in [0, 0.1) is 6.92 Å². The van der Waals surface area contributed by atoms with E-state index in [1.807, 2.05) is 25.1 Å². The van der Waals surface area contributed by atoms with Gasteiger partial charge in [0.05, 0.1) is 12.3 Å². The van der Waals surface area contributed by atoms with Crippen LogP contribution in [0.5, 0.6) is 0 Å². The van der Waals surface area contributed by atoms with Crippen LogP contribution in [0.1, 0.15) is 18.3 Å². The Hall–Kier alpha value is -1.47. The second kappa shape index (κ2) is 6.63. The van der Waals surface area contributed by atoms with Gasteiger partial charge in [0.1, 0.15) is 0 Å². The summed E-state index contributed by atoms with van der Waals surface area (Å²) in [5.41, 5.74) is 1.82. The van der Waals surface area contributed by atoms with E-state index in [-0.39, 0.29) is 5.91 Å². The lowest BCUT2D eigenvalue weighted by atomic mass is 10.2. The van der Waals surface area contributed by atoms with E-state index in [9.17, 15) is 13.2 Å². The van der Waals surface area contributed by atoms with Crippen molar-refractivity contribution in [2.45, 2.75) is 26.3 Å². The number of carbonyl (C=O) groups is 1. The summed E-state index contributed by atoms with van der Waals surface area (Å²) in [7, 11) is -3.37. The second-order valence-electron chi connectivity index (χ2n) is 4.42. The Morgan fingerprint density at radius 1 is 1.42 bits per heavy atom. The van der Waals surface area contributed by atoms with Gasteiger partial charge in [-0.3, -0.25) is 9.78 Å². The average Bonchev–Trinajstić information content (AvgIpc) is 2.26. The van der Waals surface area contributed by atoms with Crippen LogP contribution in [-0.2, 0) is 21.2 Å². The number of hydrogen-bond acceptors (Lipinski definition) is 4. The molecule has 0 radical (unpaired) electrons. The SMILES string of the molecule is Cc1cccc(CCNC(=O)[C@H](C)NS(C)(=O)=O)n1. The van der Waals surface area contributed by atoms with E-state index in [0.717, 1.165) is 17.6 Å². The molecule has 1 atom stereocenters. The molecule has 0 fully saturated rings. The largest absolute Gasteiger partial charge is 0.354 e. The molecule has 1 heterocycles. The molecule has 0 aromatic carbocycles. The third kappa shape index (κ3) is 6.30. The van der Waals surface area contributed by atoms with E-state index in [2.05, 4.69) is 15.0 Å². The molecule has 0 spiro atoms. The first-order valence-corrected chi connectivity index (χ1v) is 7.84. The molecule has 1 aromatic rings. The summed E-state index contributed by atoms with van der Waals surface area (Å²) < 4.78 is 24.2. The van der Waals surface area contributed by atoms with Crippen LogP contribution in [0.3, 0.4) is 0 Å². The molecule has 1 aromatic heterocycles. The average molecular weight is 285 g/mol. The number of aryl methyl sites for hydroxylation is 1. The lowest BCUT2D eigenvalue weighted by molar-refractivity contribution is -0.122. The Kier molecular flexibility index (Phi) is 5.44. The normalized spacial score (nSPS) is 13.0. The summed E-state index contributed by atoms with van der Waals surface area (Å²) in [4.78, 5) is 15.9. The van der Waals surface area contributed by atoms with Crippen molar-refractivity contribution < 1.29 is 13.2 Å². The number of rotatable bonds is 6. The van der Waals surface area contributed by atoms with Gasteiger partial charge in [0.25, 0.3) is 0 Å². The predicted molar refractivity (Wildman–Crippen MR) is 73.1 cm³/mol. The van der Waals surface area contributed by atoms with Crippen molar-refractivity contribution in [1.82, 2.24) is 15.0 Å². The summed E-state index contributed by atoms with van der Waals surface area (Å²) in [5, 5.41) is 2.67. The summed E-state index contributed by atoms with van der Waals surface area (Å²) in [6.45, 7) is 3.83. The summed E-state index contributed by atoms with van der Waals surface area (Å²) in [6.07, 6.45) is 1.63. The van der Waals surface area contributed by atoms with Crippen LogP contribution in [0.15, 0.2) is 18.2 Å². The van der Waals surface area contributed by atoms with Crippen LogP contribution in [0.2, 0.25) is 0 Å². The Balaban J connectivity index is 2.39. The van der Waals surface area contributed by atoms with Crippen LogP contribution in [0.25, 0.3) is 0 Å². The zero-order valence-corrected chi connectivity index (χ0v) is 12.1. The maximum absolute atomic E-state index is 11.6. The maximum Gasteiger partial charge on any atom is 0.237 e. The van der Waals surface area contributed by atoms with Crippen molar-refractivity contribution >= 4 is 15.9 Å². The predicted octanol–water partition coefficient (Wildman–Crippen LogP) is -0.0136. The van der Waals surface area contributed by atoms with Crippen molar-refractivity contribution in [2.24, 2.45) is 0 Å². The molecule has 1 rings (SSSR count). The van der Waals surface area contributed by atoms with Crippen LogP contribution in [-0.4, -0.2) is 38.2 Å². The Morgan fingerprint density at radius 2 is 2.11 bits per heavy atom. The number of nitrogens with zero attached hydrogens (tertiary/aromatic N) is 1. The fraction of sp³-hybridized carbons (Fsp3) is 0.500. The number of nitrogens with one attached hydrogen (secondary N) is 2. The van der Waals surface area contributed by atoms with Gasteiger partial charge in [-0.05, 0) is 26.0 Å². The number of sulfonamides is 1. The highest BCUT2D eigenvalue weighted by molar-refractivity contribution is 7.88. The zero-order chi connectivity index (χ0) is 14.5. The minimum atomic E-state index is -3.37. The third-order valence-electron chi connectivity index (χ3n) is 2.41. The Morgan fingerprint density at radius 3 is 2.68 bits per heavy atom. The van der Waals surface area contributed by atoms with Gasteiger partial charge in [-0.2, -0.15) is 0 Å². The molecule has 0 bridgehead atoms. The Bertz CT molecular complexity index is 543. The molecular weight excluding hydrogens is 266 g/mol. The number of hydrogen-bond donors (Lipinski definition) is 2. The highest BCUT2D eigenvalue weighted by Gasteiger charge is 2.16. The first kappa shape index (κ1) is 15.6. The highest BCUT2D eigenvalue weighted by atomic mass is 32.2. The van der Waals surface area contributed by atoms with Crippen molar-refractivity contribution in [1.29, 1.82) is 0 Å². The standard InChI is InChI=1S/C12H19N3O3S/c1-9-5-4-6-11(14-9)7-8-13-12(16)10(2)15-19(3,17)18/h4-6,10,15H,7-8H2,1-3H3,(H,13,16)/t10-/m0/s1. The van der Waals surface area contributed by atoms with Gasteiger partial charge in [-0.15, -0.1) is 0 Å². The fourth-order valence-electron chi connectivity index (χ4n) is 1.58. The van der Waals surface area contributed by atoms with Gasteiger partial charge >= 0.3 is 0 Å². The minimum absolute atomic E-state index is 0.349. The smallest absolute Gasteiger partial charge is 0.237 e. The van der Waals surface area contributed by atoms with Gasteiger partial charge in [-0.25, -0.2) is 13.1 Å². The first-order valence-electron chi connectivity index (χ1n) is 5.95. The van der Waals surface area contributed by atoms with E-state index in [1.165, 1.54) is 6.92 Å². The molecule has 19 heavy (non-hydrogen) atoms. The molecule has 0 saturated heterocycles. The molecule has 2 N–H and O–H groups in total. The van der Waals surface area contributed by atoms with E-state index >= 15 is 0 Å². The molecule has 0 aliphatic rings. The molecule has 0 unspecified atom stereocenters. The molecule has 0 aliphatic carbocycles. The van der Waals surface area contributed by atoms with E-state index in [0.29, 0.717) is 13.0 Å². The molecule has 7 heteroatoms. The second-order valence-corrected chi connectivity index (χ2v) is 6.20. The summed E-state index contributed by atoms with van der Waals surface area (Å²) >= 11 is 0.